The minimum Gasteiger partial charge on any atom is -0.497 e. The number of carbonyl (C=O) groups is 2. The molecular weight excluding hydrogens is 288 g/mol. The highest BCUT2D eigenvalue weighted by Gasteiger charge is 2.02. The first kappa shape index (κ1) is 17.3. The maximum Gasteiger partial charge on any atom is 0.330 e. The van der Waals surface area contributed by atoms with Gasteiger partial charge in [-0.1, -0.05) is 6.58 Å². The van der Waals surface area contributed by atoms with Crippen LogP contribution in [-0.2, 0) is 19.1 Å². The first-order valence-electron chi connectivity index (χ1n) is 6.46. The van der Waals surface area contributed by atoms with Gasteiger partial charge in [0.15, 0.2) is 0 Å². The van der Waals surface area contributed by atoms with Crippen molar-refractivity contribution in [3.8, 4) is 11.5 Å². The van der Waals surface area contributed by atoms with Crippen LogP contribution in [-0.4, -0.2) is 39.4 Å². The molecule has 0 unspecified atom stereocenters. The van der Waals surface area contributed by atoms with E-state index >= 15 is 0 Å². The van der Waals surface area contributed by atoms with Gasteiger partial charge in [0.1, 0.15) is 24.7 Å². The molecule has 22 heavy (non-hydrogen) atoms. The second-order valence-electron chi connectivity index (χ2n) is 4.02. The van der Waals surface area contributed by atoms with Crippen molar-refractivity contribution in [3.05, 3.63) is 42.5 Å². The van der Waals surface area contributed by atoms with Gasteiger partial charge < -0.3 is 18.9 Å². The molecule has 1 rings (SSSR count). The van der Waals surface area contributed by atoms with Gasteiger partial charge in [0, 0.05) is 18.2 Å². The van der Waals surface area contributed by atoms with E-state index in [1.807, 2.05) is 0 Å². The minimum atomic E-state index is -0.560. The van der Waals surface area contributed by atoms with Crippen molar-refractivity contribution in [3.63, 3.8) is 0 Å². The van der Waals surface area contributed by atoms with E-state index in [4.69, 9.17) is 14.2 Å². The Bertz CT molecular complexity index is 540. The summed E-state index contributed by atoms with van der Waals surface area (Å²) in [5.74, 6) is 0.124. The molecule has 0 saturated heterocycles. The molecule has 0 aliphatic carbocycles. The van der Waals surface area contributed by atoms with E-state index in [0.717, 1.165) is 11.6 Å². The van der Waals surface area contributed by atoms with E-state index in [0.29, 0.717) is 11.5 Å². The third-order valence-corrected chi connectivity index (χ3v) is 2.52. The highest BCUT2D eigenvalue weighted by atomic mass is 16.6. The van der Waals surface area contributed by atoms with Gasteiger partial charge in [-0.15, -0.1) is 0 Å². The zero-order chi connectivity index (χ0) is 16.4. The van der Waals surface area contributed by atoms with Crippen LogP contribution in [0.1, 0.15) is 5.56 Å². The molecular formula is C16H18O6. The van der Waals surface area contributed by atoms with Crippen LogP contribution in [0.2, 0.25) is 0 Å². The van der Waals surface area contributed by atoms with E-state index in [9.17, 15) is 9.59 Å². The fraction of sp³-hybridized carbons (Fsp3) is 0.250. The van der Waals surface area contributed by atoms with Gasteiger partial charge in [-0.25, -0.2) is 9.59 Å². The van der Waals surface area contributed by atoms with Crippen molar-refractivity contribution in [2.75, 3.05) is 27.4 Å². The summed E-state index contributed by atoms with van der Waals surface area (Å²) in [6.45, 7) is 3.21. The molecule has 0 fully saturated rings. The molecule has 0 amide bonds. The Balaban J connectivity index is 2.51. The van der Waals surface area contributed by atoms with Gasteiger partial charge in [0.25, 0.3) is 0 Å². The first-order chi connectivity index (χ1) is 10.6. The molecule has 0 bridgehead atoms. The summed E-state index contributed by atoms with van der Waals surface area (Å²) >= 11 is 0. The number of benzene rings is 1. The number of hydrogen-bond donors (Lipinski definition) is 0. The van der Waals surface area contributed by atoms with Gasteiger partial charge in [-0.3, -0.25) is 0 Å². The van der Waals surface area contributed by atoms with Crippen LogP contribution in [0.5, 0.6) is 11.5 Å². The molecule has 0 saturated carbocycles. The third-order valence-electron chi connectivity index (χ3n) is 2.52. The second-order valence-corrected chi connectivity index (χ2v) is 4.02. The molecule has 0 spiro atoms. The molecule has 0 aromatic heterocycles. The van der Waals surface area contributed by atoms with E-state index < -0.39 is 11.9 Å². The van der Waals surface area contributed by atoms with Crippen molar-refractivity contribution >= 4 is 18.0 Å². The molecule has 1 aromatic carbocycles. The van der Waals surface area contributed by atoms with Crippen LogP contribution in [0, 0.1) is 0 Å². The number of ether oxygens (including phenoxy) is 4. The van der Waals surface area contributed by atoms with Gasteiger partial charge in [0.2, 0.25) is 0 Å². The number of hydrogen-bond acceptors (Lipinski definition) is 6. The summed E-state index contributed by atoms with van der Waals surface area (Å²) in [6, 6.07) is 5.22. The van der Waals surface area contributed by atoms with Crippen LogP contribution in [0.15, 0.2) is 36.9 Å². The van der Waals surface area contributed by atoms with Crippen molar-refractivity contribution in [1.29, 1.82) is 0 Å². The summed E-state index contributed by atoms with van der Waals surface area (Å²) in [7, 11) is 3.09. The molecule has 0 aliphatic heterocycles. The van der Waals surface area contributed by atoms with Crippen LogP contribution in [0.4, 0.5) is 0 Å². The fourth-order valence-electron chi connectivity index (χ4n) is 1.48. The smallest absolute Gasteiger partial charge is 0.330 e. The molecule has 1 aromatic rings. The lowest BCUT2D eigenvalue weighted by Gasteiger charge is -2.06. The summed E-state index contributed by atoms with van der Waals surface area (Å²) < 4.78 is 19.8. The molecule has 0 aliphatic rings. The van der Waals surface area contributed by atoms with Gasteiger partial charge >= 0.3 is 11.9 Å². The monoisotopic (exact) mass is 306 g/mol. The summed E-state index contributed by atoms with van der Waals surface area (Å²) in [5.41, 5.74) is 0.728. The average Bonchev–Trinajstić information content (AvgIpc) is 2.56. The van der Waals surface area contributed by atoms with Crippen molar-refractivity contribution in [2.24, 2.45) is 0 Å². The highest BCUT2D eigenvalue weighted by Crippen LogP contribution is 2.23. The lowest BCUT2D eigenvalue weighted by atomic mass is 10.2. The van der Waals surface area contributed by atoms with Gasteiger partial charge in [0.05, 0.1) is 14.2 Å². The zero-order valence-corrected chi connectivity index (χ0v) is 12.5. The minimum absolute atomic E-state index is 0.0165. The number of carbonyl (C=O) groups excluding carboxylic acids is 2. The average molecular weight is 306 g/mol. The SMILES string of the molecule is C=CC(=O)OCCOC(=O)/C=C/c1cc(OC)cc(OC)c1. The highest BCUT2D eigenvalue weighted by molar-refractivity contribution is 5.87. The zero-order valence-electron chi connectivity index (χ0n) is 12.5. The van der Waals surface area contributed by atoms with Crippen LogP contribution in [0.25, 0.3) is 6.08 Å². The first-order valence-corrected chi connectivity index (χ1v) is 6.46. The quantitative estimate of drug-likeness (QED) is 0.415. The standard InChI is InChI=1S/C16H18O6/c1-4-15(17)21-7-8-22-16(18)6-5-12-9-13(19-2)11-14(10-12)20-3/h4-6,9-11H,1,7-8H2,2-3H3/b6-5+. The fourth-order valence-corrected chi connectivity index (χ4v) is 1.48. The van der Waals surface area contributed by atoms with Crippen molar-refractivity contribution in [1.82, 2.24) is 0 Å². The van der Waals surface area contributed by atoms with Gasteiger partial charge in [-0.05, 0) is 23.8 Å². The molecule has 0 heterocycles. The maximum atomic E-state index is 11.5. The Hall–Kier alpha value is -2.76. The molecule has 0 radical (unpaired) electrons. The Morgan fingerprint density at radius 3 is 2.05 bits per heavy atom. The largest absolute Gasteiger partial charge is 0.497 e. The molecule has 118 valence electrons. The number of esters is 2. The Morgan fingerprint density at radius 1 is 1.00 bits per heavy atom. The predicted octanol–water partition coefficient (Wildman–Crippen LogP) is 1.99. The van der Waals surface area contributed by atoms with E-state index in [1.54, 1.807) is 38.5 Å². The van der Waals surface area contributed by atoms with E-state index in [1.165, 1.54) is 6.08 Å². The molecule has 0 N–H and O–H groups in total. The van der Waals surface area contributed by atoms with E-state index in [-0.39, 0.29) is 13.2 Å². The summed E-state index contributed by atoms with van der Waals surface area (Å²) in [6.07, 6.45) is 3.88. The second kappa shape index (κ2) is 9.23. The lowest BCUT2D eigenvalue weighted by Crippen LogP contribution is -2.11. The van der Waals surface area contributed by atoms with E-state index in [2.05, 4.69) is 11.3 Å². The van der Waals surface area contributed by atoms with Gasteiger partial charge in [-0.2, -0.15) is 0 Å². The number of rotatable bonds is 8. The van der Waals surface area contributed by atoms with Crippen LogP contribution in [0.3, 0.4) is 0 Å². The van der Waals surface area contributed by atoms with Crippen LogP contribution < -0.4 is 9.47 Å². The molecule has 6 heteroatoms. The Morgan fingerprint density at radius 2 is 1.55 bits per heavy atom. The lowest BCUT2D eigenvalue weighted by molar-refractivity contribution is -0.145. The third kappa shape index (κ3) is 6.13. The van der Waals surface area contributed by atoms with Crippen molar-refractivity contribution < 1.29 is 28.5 Å². The maximum absolute atomic E-state index is 11.5. The van der Waals surface area contributed by atoms with Crippen molar-refractivity contribution in [2.45, 2.75) is 0 Å². The normalized spacial score (nSPS) is 10.1. The topological polar surface area (TPSA) is 71.1 Å². The summed E-state index contributed by atoms with van der Waals surface area (Å²) in [5, 5.41) is 0. The number of methoxy groups -OCH3 is 2. The molecule has 6 nitrogen and oxygen atoms in total. The summed E-state index contributed by atoms with van der Waals surface area (Å²) in [4.78, 5) is 22.3. The Kier molecular flexibility index (Phi) is 7.25. The predicted molar refractivity (Wildman–Crippen MR) is 80.7 cm³/mol. The van der Waals surface area contributed by atoms with Crippen LogP contribution >= 0.6 is 0 Å². The molecule has 0 atom stereocenters. The Labute approximate surface area is 128 Å².